The van der Waals surface area contributed by atoms with Gasteiger partial charge in [0.1, 0.15) is 0 Å². The molecule has 0 unspecified atom stereocenters. The van der Waals surface area contributed by atoms with Gasteiger partial charge in [0, 0.05) is 0 Å². The van der Waals surface area contributed by atoms with Crippen LogP contribution >= 0.6 is 0 Å². The van der Waals surface area contributed by atoms with E-state index in [4.69, 9.17) is 0 Å². The van der Waals surface area contributed by atoms with Crippen LogP contribution in [0, 0.1) is 189 Å². The summed E-state index contributed by atoms with van der Waals surface area (Å²) in [5.74, 6) is 31.4. The zero-order chi connectivity index (χ0) is 80.6. The lowest BCUT2D eigenvalue weighted by Crippen LogP contribution is -2.30. The molecule has 0 aromatic rings. The highest BCUT2D eigenvalue weighted by atomic mass is 14.5. The maximum atomic E-state index is 2.38. The molecule has 8 aliphatic carbocycles. The van der Waals surface area contributed by atoms with Crippen molar-refractivity contribution in [3.63, 3.8) is 0 Å². The van der Waals surface area contributed by atoms with Gasteiger partial charge in [-0.3, -0.25) is 0 Å². The van der Waals surface area contributed by atoms with Gasteiger partial charge in [0.15, 0.2) is 0 Å². The molecule has 0 aromatic carbocycles. The van der Waals surface area contributed by atoms with E-state index < -0.39 is 0 Å². The number of rotatable bonds is 16. The molecule has 0 saturated heterocycles. The molecule has 8 atom stereocenters. The molecular formula is C100H216. The highest BCUT2D eigenvalue weighted by Gasteiger charge is 2.42. The number of hydrogen-bond donors (Lipinski definition) is 0. The van der Waals surface area contributed by atoms with Gasteiger partial charge >= 0.3 is 0 Å². The second-order valence-corrected chi connectivity index (χ2v) is 37.0. The third-order valence-corrected chi connectivity index (χ3v) is 25.6. The third kappa shape index (κ3) is 54.6. The summed E-state index contributed by atoms with van der Waals surface area (Å²) < 4.78 is 0. The summed E-state index contributed by atoms with van der Waals surface area (Å²) in [4.78, 5) is 0. The van der Waals surface area contributed by atoms with E-state index in [1.54, 1.807) is 0 Å². The Hall–Kier alpha value is 0. The second-order valence-electron chi connectivity index (χ2n) is 37.0. The van der Waals surface area contributed by atoms with Crippen molar-refractivity contribution in [1.82, 2.24) is 0 Å². The molecule has 8 saturated carbocycles. The van der Waals surface area contributed by atoms with Crippen molar-refractivity contribution in [3.8, 4) is 0 Å². The van der Waals surface area contributed by atoms with Gasteiger partial charge < -0.3 is 0 Å². The minimum absolute atomic E-state index is 0.915. The molecule has 0 aromatic heterocycles. The van der Waals surface area contributed by atoms with Crippen LogP contribution in [0.15, 0.2) is 0 Å². The van der Waals surface area contributed by atoms with E-state index in [0.29, 0.717) is 0 Å². The molecule has 0 heteroatoms. The molecule has 0 amide bonds. The van der Waals surface area contributed by atoms with E-state index in [1.807, 2.05) is 111 Å². The Kier molecular flexibility index (Phi) is 81.8. The highest BCUT2D eigenvalue weighted by molar-refractivity contribution is 4.91. The topological polar surface area (TPSA) is 0 Å². The first-order valence-corrected chi connectivity index (χ1v) is 46.9. The molecule has 8 rings (SSSR count). The molecule has 0 bridgehead atoms. The van der Waals surface area contributed by atoms with Crippen LogP contribution in [0.5, 0.6) is 0 Å². The molecule has 616 valence electrons. The summed E-state index contributed by atoms with van der Waals surface area (Å²) in [6, 6.07) is 0. The monoisotopic (exact) mass is 1420 g/mol. The summed E-state index contributed by atoms with van der Waals surface area (Å²) in [5.41, 5.74) is 0. The fourth-order valence-electron chi connectivity index (χ4n) is 16.6. The van der Waals surface area contributed by atoms with Crippen molar-refractivity contribution in [2.45, 2.75) is 461 Å². The van der Waals surface area contributed by atoms with E-state index in [9.17, 15) is 0 Å². The van der Waals surface area contributed by atoms with Crippen molar-refractivity contribution >= 4 is 0 Å². The molecule has 0 aliphatic heterocycles. The van der Waals surface area contributed by atoms with Gasteiger partial charge in [0.25, 0.3) is 0 Å². The van der Waals surface area contributed by atoms with Gasteiger partial charge in [0.05, 0.1) is 0 Å². The fourth-order valence-corrected chi connectivity index (χ4v) is 16.6. The summed E-state index contributed by atoms with van der Waals surface area (Å²) in [5, 5.41) is 0. The van der Waals surface area contributed by atoms with E-state index in [-0.39, 0.29) is 0 Å². The lowest BCUT2D eigenvalue weighted by Gasteiger charge is -2.40. The van der Waals surface area contributed by atoms with Gasteiger partial charge in [-0.05, 0) is 318 Å². The summed E-state index contributed by atoms with van der Waals surface area (Å²) in [6.45, 7) is 107. The Morgan fingerprint density at radius 2 is 0.200 bits per heavy atom. The quantitative estimate of drug-likeness (QED) is 0.144. The number of hydrogen-bond acceptors (Lipinski definition) is 0. The SMILES string of the molecule is CC.CC.CC.CC.CC.CC.CC.CC.CC(C)C1CC(C(C)C)C1.CC(C)C1CC(C(C)C)C1.CC(C)C1CCC(C(C)C)CC1.CC(C)C1CCC(C(C)C)CC1.CC(C)[C@@H]1CC[C@@H](C(C)C)C1.CC(C)[C@@H]1C[C@H]1C(C)C.CC(C)[C@H]1CC[C@H](C(C)C)C1.CC(C)[C@H]1C[C@@H]1C(C)C. The van der Waals surface area contributed by atoms with Crippen molar-refractivity contribution in [3.05, 3.63) is 0 Å². The smallest absolute Gasteiger partial charge is 0.0357 e. The molecular weight excluding hydrogens is 1200 g/mol. The molecule has 0 nitrogen and oxygen atoms in total. The van der Waals surface area contributed by atoms with Crippen LogP contribution in [0.25, 0.3) is 0 Å². The predicted molar refractivity (Wildman–Crippen MR) is 476 cm³/mol. The first-order chi connectivity index (χ1) is 46.9. The van der Waals surface area contributed by atoms with Crippen LogP contribution in [0.4, 0.5) is 0 Å². The van der Waals surface area contributed by atoms with E-state index in [1.165, 1.54) is 128 Å². The molecule has 0 heterocycles. The average molecular weight is 1420 g/mol. The van der Waals surface area contributed by atoms with Crippen LogP contribution in [0.3, 0.4) is 0 Å². The molecule has 0 spiro atoms. The summed E-state index contributed by atoms with van der Waals surface area (Å²) >= 11 is 0. The summed E-state index contributed by atoms with van der Waals surface area (Å²) in [7, 11) is 0. The minimum atomic E-state index is 0.915. The zero-order valence-corrected chi connectivity index (χ0v) is 80.6. The maximum Gasteiger partial charge on any atom is -0.0357 e. The van der Waals surface area contributed by atoms with Crippen LogP contribution in [-0.4, -0.2) is 0 Å². The summed E-state index contributed by atoms with van der Waals surface area (Å²) in [6.07, 6.45) is 29.8. The maximum absolute atomic E-state index is 2.38. The van der Waals surface area contributed by atoms with Gasteiger partial charge in [-0.1, -0.05) is 332 Å². The van der Waals surface area contributed by atoms with Crippen molar-refractivity contribution in [1.29, 1.82) is 0 Å². The van der Waals surface area contributed by atoms with Crippen molar-refractivity contribution in [2.75, 3.05) is 0 Å². The Labute approximate surface area is 646 Å². The van der Waals surface area contributed by atoms with Crippen molar-refractivity contribution in [2.24, 2.45) is 189 Å². The van der Waals surface area contributed by atoms with Gasteiger partial charge in [-0.15, -0.1) is 0 Å². The second kappa shape index (κ2) is 70.7. The molecule has 8 aliphatic rings. The van der Waals surface area contributed by atoms with Gasteiger partial charge in [-0.25, -0.2) is 0 Å². The zero-order valence-electron chi connectivity index (χ0n) is 80.6. The van der Waals surface area contributed by atoms with Gasteiger partial charge in [-0.2, -0.15) is 0 Å². The van der Waals surface area contributed by atoms with Gasteiger partial charge in [0.2, 0.25) is 0 Å². The van der Waals surface area contributed by atoms with Crippen molar-refractivity contribution < 1.29 is 0 Å². The third-order valence-electron chi connectivity index (χ3n) is 25.6. The largest absolute Gasteiger partial charge is 0.0683 e. The highest BCUT2D eigenvalue weighted by Crippen LogP contribution is 2.50. The van der Waals surface area contributed by atoms with E-state index in [2.05, 4.69) is 222 Å². The standard InChI is InChI=1S/2C12H24.2C11H22.2C10H20.2C9H18.8C2H6/c2*1-9(2)11-5-7-12(8-6-11)10(3)4;2*1-8(2)10-5-6-11(7-10)9(3)4;2*1-7(2)9-5-10(6-9)8(3)4;2*1-6(2)8-5-9(8)7(3)4;8*1-2/h2*9-12H,5-8H2,1-4H3;2*8-11H,5-7H2,1-4H3;2*7-10H,5-6H2,1-4H3;2*6-9H,5H2,1-4H3;8*1-2H3/t;;2*10-,11-;;;2*8-,9-;;;;;;;;/m..10..10......../s1. The fraction of sp³-hybridized carbons (Fsp3) is 1.00. The Bertz CT molecular complexity index is 1310. The lowest BCUT2D eigenvalue weighted by molar-refractivity contribution is 0.102. The lowest BCUT2D eigenvalue weighted by atomic mass is 9.65. The molecule has 100 heavy (non-hydrogen) atoms. The van der Waals surface area contributed by atoms with Crippen LogP contribution in [0.2, 0.25) is 0 Å². The van der Waals surface area contributed by atoms with Crippen LogP contribution in [0.1, 0.15) is 461 Å². The molecule has 0 N–H and O–H groups in total. The Balaban J connectivity index is -0.000000157. The first-order valence-electron chi connectivity index (χ1n) is 46.9. The van der Waals surface area contributed by atoms with Crippen LogP contribution < -0.4 is 0 Å². The van der Waals surface area contributed by atoms with Crippen LogP contribution in [-0.2, 0) is 0 Å². The Morgan fingerprint density at radius 3 is 0.270 bits per heavy atom. The molecule has 0 radical (unpaired) electrons. The van der Waals surface area contributed by atoms with E-state index >= 15 is 0 Å². The Morgan fingerprint density at radius 1 is 0.110 bits per heavy atom. The normalized spacial score (nSPS) is 27.8. The average Bonchev–Trinajstić information content (AvgIpc) is 1.55. The molecule has 8 fully saturated rings. The first kappa shape index (κ1) is 116. The minimum Gasteiger partial charge on any atom is -0.0683 e. The van der Waals surface area contributed by atoms with E-state index in [0.717, 1.165) is 189 Å². The predicted octanol–water partition coefficient (Wildman–Crippen LogP) is 36.4.